The topological polar surface area (TPSA) is 94.1 Å². The minimum Gasteiger partial charge on any atom is -0.497 e. The maximum Gasteiger partial charge on any atom is 0.225 e. The van der Waals surface area contributed by atoms with E-state index in [1.54, 1.807) is 11.8 Å². The number of para-hydroxylation sites is 1. The van der Waals surface area contributed by atoms with Gasteiger partial charge in [-0.15, -0.1) is 5.10 Å². The van der Waals surface area contributed by atoms with E-state index in [9.17, 15) is 0 Å². The van der Waals surface area contributed by atoms with Gasteiger partial charge in [-0.2, -0.15) is 4.98 Å². The van der Waals surface area contributed by atoms with E-state index >= 15 is 0 Å². The highest BCUT2D eigenvalue weighted by Gasteiger charge is 2.20. The lowest BCUT2D eigenvalue weighted by molar-refractivity contribution is 0.352. The van der Waals surface area contributed by atoms with Crippen LogP contribution in [0.5, 0.6) is 5.75 Å². The minimum absolute atomic E-state index is 0.507. The highest BCUT2D eigenvalue weighted by molar-refractivity contribution is 5.99. The lowest BCUT2D eigenvalue weighted by Gasteiger charge is -2.15. The first-order valence-corrected chi connectivity index (χ1v) is 11.0. The number of nitrogens with one attached hydrogen (secondary N) is 1. The third-order valence-corrected chi connectivity index (χ3v) is 5.82. The summed E-state index contributed by atoms with van der Waals surface area (Å²) < 4.78 is 7.15. The van der Waals surface area contributed by atoms with Crippen molar-refractivity contribution < 1.29 is 4.74 Å². The Hall–Kier alpha value is -3.65. The number of hydrogen-bond acceptors (Lipinski definition) is 7. The van der Waals surface area contributed by atoms with Crippen LogP contribution in [0, 0.1) is 0 Å². The third kappa shape index (κ3) is 3.97. The number of nitrogens with zero attached hydrogens (tertiary/aromatic N) is 5. The molecule has 3 heterocycles. The van der Waals surface area contributed by atoms with Gasteiger partial charge in [-0.05, 0) is 50.2 Å². The Labute approximate surface area is 187 Å². The number of rotatable bonds is 7. The fourth-order valence-corrected chi connectivity index (χ4v) is 4.17. The quantitative estimate of drug-likeness (QED) is 0.464. The maximum atomic E-state index is 6.57. The summed E-state index contributed by atoms with van der Waals surface area (Å²) in [6.45, 7) is 4.07. The van der Waals surface area contributed by atoms with Crippen molar-refractivity contribution >= 4 is 22.8 Å². The van der Waals surface area contributed by atoms with Gasteiger partial charge in [0.1, 0.15) is 11.6 Å². The van der Waals surface area contributed by atoms with E-state index in [2.05, 4.69) is 10.2 Å². The summed E-state index contributed by atoms with van der Waals surface area (Å²) in [4.78, 5) is 12.0. The van der Waals surface area contributed by atoms with E-state index in [1.807, 2.05) is 54.6 Å². The summed E-state index contributed by atoms with van der Waals surface area (Å²) >= 11 is 0. The van der Waals surface area contributed by atoms with Crippen molar-refractivity contribution in [3.05, 3.63) is 54.6 Å². The van der Waals surface area contributed by atoms with E-state index in [1.165, 1.54) is 12.8 Å². The van der Waals surface area contributed by atoms with Gasteiger partial charge in [0, 0.05) is 18.7 Å². The molecule has 0 unspecified atom stereocenters. The largest absolute Gasteiger partial charge is 0.497 e. The number of likely N-dealkylation sites (tertiary alicyclic amines) is 1. The first kappa shape index (κ1) is 20.3. The second-order valence-electron chi connectivity index (χ2n) is 7.93. The molecule has 1 aliphatic rings. The number of nitrogen functional groups attached to an aromatic ring is 1. The predicted molar refractivity (Wildman–Crippen MR) is 127 cm³/mol. The number of benzene rings is 2. The zero-order chi connectivity index (χ0) is 21.9. The van der Waals surface area contributed by atoms with Gasteiger partial charge in [-0.3, -0.25) is 0 Å². The highest BCUT2D eigenvalue weighted by Crippen LogP contribution is 2.34. The summed E-state index contributed by atoms with van der Waals surface area (Å²) in [5.41, 5.74) is 9.65. The molecule has 3 N–H and O–H groups in total. The molecule has 5 rings (SSSR count). The number of methoxy groups -OCH3 is 1. The van der Waals surface area contributed by atoms with Crippen molar-refractivity contribution in [2.24, 2.45) is 0 Å². The Bertz CT molecular complexity index is 1220. The van der Waals surface area contributed by atoms with Gasteiger partial charge in [-0.1, -0.05) is 30.3 Å². The molecule has 0 amide bonds. The fraction of sp³-hybridized carbons (Fsp3) is 0.292. The molecule has 0 atom stereocenters. The molecule has 0 spiro atoms. The second kappa shape index (κ2) is 8.84. The molecule has 2 aromatic carbocycles. The first-order valence-electron chi connectivity index (χ1n) is 11.0. The zero-order valence-electron chi connectivity index (χ0n) is 18.2. The van der Waals surface area contributed by atoms with E-state index in [4.69, 9.17) is 25.5 Å². The molecular weight excluding hydrogens is 402 g/mol. The van der Waals surface area contributed by atoms with Gasteiger partial charge in [0.05, 0.1) is 23.9 Å². The van der Waals surface area contributed by atoms with Crippen LogP contribution < -0.4 is 15.8 Å². The van der Waals surface area contributed by atoms with Crippen molar-refractivity contribution in [2.45, 2.75) is 12.8 Å². The van der Waals surface area contributed by atoms with E-state index in [0.29, 0.717) is 17.4 Å². The molecule has 0 aliphatic carbocycles. The molecule has 164 valence electrons. The molecule has 32 heavy (non-hydrogen) atoms. The van der Waals surface area contributed by atoms with Crippen LogP contribution in [0.25, 0.3) is 28.0 Å². The van der Waals surface area contributed by atoms with Crippen LogP contribution in [0.4, 0.5) is 11.8 Å². The van der Waals surface area contributed by atoms with Gasteiger partial charge in [0.25, 0.3) is 0 Å². The average molecular weight is 430 g/mol. The summed E-state index contributed by atoms with van der Waals surface area (Å²) in [6.07, 6.45) is 2.55. The average Bonchev–Trinajstić information content (AvgIpc) is 3.47. The smallest absolute Gasteiger partial charge is 0.225 e. The number of anilines is 2. The number of fused-ring (bicyclic) bond motifs is 1. The lowest BCUT2D eigenvalue weighted by atomic mass is 10.1. The summed E-state index contributed by atoms with van der Waals surface area (Å²) in [5.74, 6) is 1.81. The molecule has 1 aliphatic heterocycles. The highest BCUT2D eigenvalue weighted by atomic mass is 16.5. The number of hydrogen-bond donors (Lipinski definition) is 2. The molecule has 1 fully saturated rings. The van der Waals surface area contributed by atoms with Gasteiger partial charge in [0.2, 0.25) is 5.95 Å². The van der Waals surface area contributed by atoms with Gasteiger partial charge in [-0.25, -0.2) is 9.67 Å². The molecule has 1 saturated heterocycles. The van der Waals surface area contributed by atoms with Crippen molar-refractivity contribution in [3.63, 3.8) is 0 Å². The Morgan fingerprint density at radius 2 is 1.84 bits per heavy atom. The Balaban J connectivity index is 1.57. The van der Waals surface area contributed by atoms with Crippen molar-refractivity contribution in [3.8, 4) is 22.7 Å². The number of nitrogens with two attached hydrogens (primary N) is 1. The van der Waals surface area contributed by atoms with Crippen LogP contribution in [-0.2, 0) is 0 Å². The monoisotopic (exact) mass is 429 g/mol. The minimum atomic E-state index is 0.507. The van der Waals surface area contributed by atoms with E-state index < -0.39 is 0 Å². The predicted octanol–water partition coefficient (Wildman–Crippen LogP) is 3.58. The molecule has 2 aromatic heterocycles. The standard InChI is InChI=1S/C24H27N7O/c1-32-19-11-7-8-17(16-19)21-20-22(25)31(18-9-3-2-4-10-18)29-23(20)28-24(27-21)26-12-15-30-13-5-6-14-30/h2-4,7-11,16H,5-6,12-15,25H2,1H3,(H,26,28,29). The molecule has 0 radical (unpaired) electrons. The molecule has 8 heteroatoms. The van der Waals surface area contributed by atoms with Gasteiger partial charge in [0.15, 0.2) is 5.65 Å². The van der Waals surface area contributed by atoms with Crippen LogP contribution in [0.1, 0.15) is 12.8 Å². The number of aromatic nitrogens is 4. The van der Waals surface area contributed by atoms with Gasteiger partial charge < -0.3 is 20.7 Å². The molecular formula is C24H27N7O. The molecule has 0 bridgehead atoms. The van der Waals surface area contributed by atoms with Crippen molar-refractivity contribution in [2.75, 3.05) is 44.3 Å². The Morgan fingerprint density at radius 1 is 1.03 bits per heavy atom. The van der Waals surface area contributed by atoms with Crippen LogP contribution in [0.15, 0.2) is 54.6 Å². The summed E-state index contributed by atoms with van der Waals surface area (Å²) in [6, 6.07) is 17.6. The molecule has 0 saturated carbocycles. The zero-order valence-corrected chi connectivity index (χ0v) is 18.2. The van der Waals surface area contributed by atoms with Gasteiger partial charge >= 0.3 is 0 Å². The number of ether oxygens (including phenoxy) is 1. The van der Waals surface area contributed by atoms with Crippen LogP contribution in [0.2, 0.25) is 0 Å². The van der Waals surface area contributed by atoms with Crippen molar-refractivity contribution in [1.82, 2.24) is 24.6 Å². The Kier molecular flexibility index (Phi) is 5.60. The van der Waals surface area contributed by atoms with Crippen molar-refractivity contribution in [1.29, 1.82) is 0 Å². The molecule has 4 aromatic rings. The van der Waals surface area contributed by atoms with E-state index in [-0.39, 0.29) is 0 Å². The lowest BCUT2D eigenvalue weighted by Crippen LogP contribution is -2.26. The molecule has 8 nitrogen and oxygen atoms in total. The SMILES string of the molecule is COc1cccc(-c2nc(NCCN3CCCC3)nc3nn(-c4ccccc4)c(N)c23)c1. The Morgan fingerprint density at radius 3 is 2.62 bits per heavy atom. The normalized spacial score (nSPS) is 14.2. The third-order valence-electron chi connectivity index (χ3n) is 5.82. The van der Waals surface area contributed by atoms with E-state index in [0.717, 1.165) is 54.3 Å². The second-order valence-corrected chi connectivity index (χ2v) is 7.93. The first-order chi connectivity index (χ1) is 15.7. The maximum absolute atomic E-state index is 6.57. The fourth-order valence-electron chi connectivity index (χ4n) is 4.17. The summed E-state index contributed by atoms with van der Waals surface area (Å²) in [7, 11) is 1.65. The van der Waals surface area contributed by atoms with Crippen LogP contribution in [-0.4, -0.2) is 57.9 Å². The summed E-state index contributed by atoms with van der Waals surface area (Å²) in [5, 5.41) is 8.83. The van der Waals surface area contributed by atoms with Crippen LogP contribution >= 0.6 is 0 Å². The van der Waals surface area contributed by atoms with Crippen LogP contribution in [0.3, 0.4) is 0 Å².